The molecule has 2 heterocycles. The van der Waals surface area contributed by atoms with Gasteiger partial charge in [-0.1, -0.05) is 35.9 Å². The van der Waals surface area contributed by atoms with Crippen LogP contribution in [-0.4, -0.2) is 44.5 Å². The minimum atomic E-state index is -0.887. The number of piperidine rings is 1. The van der Waals surface area contributed by atoms with Crippen molar-refractivity contribution in [2.24, 2.45) is 5.41 Å². The highest BCUT2D eigenvalue weighted by molar-refractivity contribution is 6.30. The Morgan fingerprint density at radius 2 is 1.71 bits per heavy atom. The van der Waals surface area contributed by atoms with Crippen molar-refractivity contribution >= 4 is 23.5 Å². The molecule has 3 aromatic rings. The molecule has 8 heteroatoms. The molecule has 1 amide bonds. The molecule has 4 rings (SSSR count). The molecule has 1 saturated heterocycles. The van der Waals surface area contributed by atoms with E-state index in [2.05, 4.69) is 11.1 Å². The van der Waals surface area contributed by atoms with E-state index in [1.165, 1.54) is 0 Å². The number of halogens is 1. The lowest BCUT2D eigenvalue weighted by Crippen LogP contribution is -2.48. The number of hydrogen-bond donors (Lipinski definition) is 1. The van der Waals surface area contributed by atoms with Gasteiger partial charge in [-0.2, -0.15) is 5.26 Å². The number of hydrogen-bond acceptors (Lipinski definition) is 4. The summed E-state index contributed by atoms with van der Waals surface area (Å²) in [5.74, 6) is -0.859. The largest absolute Gasteiger partial charge is 0.481 e. The highest BCUT2D eigenvalue weighted by atomic mass is 35.5. The van der Waals surface area contributed by atoms with E-state index in [1.54, 1.807) is 41.7 Å². The monoisotopic (exact) mass is 476 g/mol. The van der Waals surface area contributed by atoms with Crippen molar-refractivity contribution in [3.63, 3.8) is 0 Å². The second-order valence-corrected chi connectivity index (χ2v) is 9.20. The van der Waals surface area contributed by atoms with E-state index < -0.39 is 11.4 Å². The molecule has 0 atom stereocenters. The number of nitrogens with zero attached hydrogens (tertiary/aromatic N) is 4. The molecule has 174 valence electrons. The molecule has 1 aliphatic rings. The molecule has 1 aliphatic heterocycles. The summed E-state index contributed by atoms with van der Waals surface area (Å²) in [4.78, 5) is 31.2. The van der Waals surface area contributed by atoms with Gasteiger partial charge in [0.1, 0.15) is 0 Å². The lowest BCUT2D eigenvalue weighted by atomic mass is 9.74. The number of carboxylic acid groups (broad SMARTS) is 1. The minimum absolute atomic E-state index is 0.0351. The number of benzene rings is 2. The molecule has 34 heavy (non-hydrogen) atoms. The first-order valence-corrected chi connectivity index (χ1v) is 11.5. The molecule has 1 fully saturated rings. The summed E-state index contributed by atoms with van der Waals surface area (Å²) >= 11 is 5.95. The zero-order valence-electron chi connectivity index (χ0n) is 18.7. The van der Waals surface area contributed by atoms with Crippen LogP contribution < -0.4 is 0 Å². The number of amides is 1. The first-order valence-electron chi connectivity index (χ1n) is 11.1. The molecular formula is C26H25ClN4O3. The Morgan fingerprint density at radius 1 is 1.06 bits per heavy atom. The number of nitriles is 1. The van der Waals surface area contributed by atoms with Crippen LogP contribution in [-0.2, 0) is 29.0 Å². The summed E-state index contributed by atoms with van der Waals surface area (Å²) in [6.07, 6.45) is 4.81. The number of imidazole rings is 1. The predicted molar refractivity (Wildman–Crippen MR) is 127 cm³/mol. The van der Waals surface area contributed by atoms with E-state index in [1.807, 2.05) is 28.8 Å². The third-order valence-electron chi connectivity index (χ3n) is 6.55. The zero-order valence-corrected chi connectivity index (χ0v) is 19.4. The lowest BCUT2D eigenvalue weighted by Gasteiger charge is -2.39. The number of likely N-dealkylation sites (tertiary alicyclic amines) is 1. The van der Waals surface area contributed by atoms with Gasteiger partial charge in [0.05, 0.1) is 29.8 Å². The number of carbonyl (C=O) groups is 2. The number of carbonyl (C=O) groups excluding carboxylic acids is 1. The van der Waals surface area contributed by atoms with Crippen LogP contribution in [0.5, 0.6) is 0 Å². The van der Waals surface area contributed by atoms with Crippen LogP contribution >= 0.6 is 11.6 Å². The fraction of sp³-hybridized carbons (Fsp3) is 0.308. The summed E-state index contributed by atoms with van der Waals surface area (Å²) in [5, 5.41) is 19.6. The van der Waals surface area contributed by atoms with Gasteiger partial charge >= 0.3 is 5.97 Å². The van der Waals surface area contributed by atoms with Crippen LogP contribution in [0.1, 0.15) is 35.2 Å². The van der Waals surface area contributed by atoms with Crippen molar-refractivity contribution in [1.82, 2.24) is 14.5 Å². The molecular weight excluding hydrogens is 452 g/mol. The summed E-state index contributed by atoms with van der Waals surface area (Å²) in [5.41, 5.74) is 2.45. The van der Waals surface area contributed by atoms with Gasteiger partial charge in [0.2, 0.25) is 5.91 Å². The maximum atomic E-state index is 13.0. The molecule has 1 N–H and O–H groups in total. The van der Waals surface area contributed by atoms with Gasteiger partial charge in [-0.15, -0.1) is 0 Å². The Hall–Kier alpha value is -3.63. The Labute approximate surface area is 203 Å². The topological polar surface area (TPSA) is 99.2 Å². The number of aliphatic carboxylic acids is 1. The third-order valence-corrected chi connectivity index (χ3v) is 6.80. The van der Waals surface area contributed by atoms with Crippen molar-refractivity contribution in [1.29, 1.82) is 5.26 Å². The van der Waals surface area contributed by atoms with Crippen molar-refractivity contribution in [2.75, 3.05) is 13.1 Å². The van der Waals surface area contributed by atoms with E-state index in [-0.39, 0.29) is 12.3 Å². The van der Waals surface area contributed by atoms with Gasteiger partial charge in [0.15, 0.2) is 0 Å². The van der Waals surface area contributed by atoms with Crippen molar-refractivity contribution in [3.05, 3.63) is 88.5 Å². The molecule has 0 spiro atoms. The standard InChI is InChI=1S/C26H25ClN4O3/c27-22-7-5-19(6-8-22)14-26(25(33)34)9-11-30(12-10-26)24(32)13-23-16-29-18-31(23)17-21-3-1-20(15-28)2-4-21/h1-8,16,18H,9-14,17H2,(H,33,34). The third kappa shape index (κ3) is 5.29. The number of aromatic nitrogens is 2. The van der Waals surface area contributed by atoms with Gasteiger partial charge < -0.3 is 14.6 Å². The summed E-state index contributed by atoms with van der Waals surface area (Å²) < 4.78 is 1.92. The smallest absolute Gasteiger partial charge is 0.310 e. The average molecular weight is 477 g/mol. The molecule has 2 aromatic carbocycles. The van der Waals surface area contributed by atoms with Crippen molar-refractivity contribution in [2.45, 2.75) is 32.2 Å². The van der Waals surface area contributed by atoms with Crippen LogP contribution in [0.15, 0.2) is 61.1 Å². The molecule has 1 aromatic heterocycles. The lowest BCUT2D eigenvalue weighted by molar-refractivity contribution is -0.154. The molecule has 0 unspecified atom stereocenters. The van der Waals surface area contributed by atoms with Crippen LogP contribution in [0.3, 0.4) is 0 Å². The van der Waals surface area contributed by atoms with Crippen LogP contribution in [0.2, 0.25) is 5.02 Å². The molecule has 0 radical (unpaired) electrons. The molecule has 0 saturated carbocycles. The molecule has 0 aliphatic carbocycles. The zero-order chi connectivity index (χ0) is 24.1. The van der Waals surface area contributed by atoms with Gasteiger partial charge in [-0.3, -0.25) is 9.59 Å². The minimum Gasteiger partial charge on any atom is -0.481 e. The van der Waals surface area contributed by atoms with E-state index >= 15 is 0 Å². The van der Waals surface area contributed by atoms with Crippen molar-refractivity contribution < 1.29 is 14.7 Å². The Kier molecular flexibility index (Phi) is 6.99. The van der Waals surface area contributed by atoms with E-state index in [0.717, 1.165) is 16.8 Å². The summed E-state index contributed by atoms with van der Waals surface area (Å²) in [6, 6.07) is 16.7. The fourth-order valence-corrected chi connectivity index (χ4v) is 4.56. The first kappa shape index (κ1) is 23.5. The second kappa shape index (κ2) is 10.1. The van der Waals surface area contributed by atoms with Gasteiger partial charge in [0.25, 0.3) is 0 Å². The van der Waals surface area contributed by atoms with Crippen LogP contribution in [0.25, 0.3) is 0 Å². The maximum absolute atomic E-state index is 13.0. The van der Waals surface area contributed by atoms with Gasteiger partial charge in [0, 0.05) is 36.5 Å². The Balaban J connectivity index is 1.38. The SMILES string of the molecule is N#Cc1ccc(Cn2cncc2CC(=O)N2CCC(Cc3ccc(Cl)cc3)(C(=O)O)CC2)cc1. The molecule has 0 bridgehead atoms. The van der Waals surface area contributed by atoms with Crippen LogP contribution in [0.4, 0.5) is 0 Å². The van der Waals surface area contributed by atoms with E-state index in [9.17, 15) is 14.7 Å². The number of rotatable bonds is 7. The molecule has 7 nitrogen and oxygen atoms in total. The second-order valence-electron chi connectivity index (χ2n) is 8.77. The average Bonchev–Trinajstić information content (AvgIpc) is 3.27. The summed E-state index contributed by atoms with van der Waals surface area (Å²) in [6.45, 7) is 1.36. The Bertz CT molecular complexity index is 1200. The van der Waals surface area contributed by atoms with Crippen molar-refractivity contribution in [3.8, 4) is 6.07 Å². The predicted octanol–water partition coefficient (Wildman–Crippen LogP) is 3.94. The van der Waals surface area contributed by atoms with Gasteiger partial charge in [-0.25, -0.2) is 4.98 Å². The highest BCUT2D eigenvalue weighted by Crippen LogP contribution is 2.36. The van der Waals surface area contributed by atoms with E-state index in [4.69, 9.17) is 16.9 Å². The highest BCUT2D eigenvalue weighted by Gasteiger charge is 2.42. The number of carboxylic acids is 1. The fourth-order valence-electron chi connectivity index (χ4n) is 4.43. The van der Waals surface area contributed by atoms with Crippen LogP contribution in [0, 0.1) is 16.7 Å². The van der Waals surface area contributed by atoms with E-state index in [0.29, 0.717) is 49.5 Å². The first-order chi connectivity index (χ1) is 16.4. The maximum Gasteiger partial charge on any atom is 0.310 e. The normalized spacial score (nSPS) is 15.0. The quantitative estimate of drug-likeness (QED) is 0.557. The summed E-state index contributed by atoms with van der Waals surface area (Å²) in [7, 11) is 0. The Morgan fingerprint density at radius 3 is 2.32 bits per heavy atom. The van der Waals surface area contributed by atoms with Gasteiger partial charge in [-0.05, 0) is 54.7 Å².